The molecule has 1 aromatic carbocycles. The number of likely N-dealkylation sites (tertiary alicyclic amines) is 1. The monoisotopic (exact) mass is 326 g/mol. The molecule has 1 unspecified atom stereocenters. The van der Waals surface area contributed by atoms with Crippen molar-refractivity contribution >= 4 is 11.9 Å². The van der Waals surface area contributed by atoms with Crippen LogP contribution >= 0.6 is 0 Å². The van der Waals surface area contributed by atoms with Gasteiger partial charge in [-0.2, -0.15) is 0 Å². The predicted molar refractivity (Wildman–Crippen MR) is 87.1 cm³/mol. The van der Waals surface area contributed by atoms with E-state index in [1.807, 2.05) is 0 Å². The van der Waals surface area contributed by atoms with Gasteiger partial charge >= 0.3 is 5.97 Å². The smallest absolute Gasteiger partial charge is 0.326 e. The Kier molecular flexibility index (Phi) is 4.74. The molecule has 1 N–H and O–H groups in total. The van der Waals surface area contributed by atoms with Crippen LogP contribution in [0.25, 0.3) is 0 Å². The van der Waals surface area contributed by atoms with Crippen molar-refractivity contribution in [1.82, 2.24) is 9.88 Å². The lowest BCUT2D eigenvalue weighted by Crippen LogP contribution is -2.47. The van der Waals surface area contributed by atoms with Crippen LogP contribution in [0.2, 0.25) is 0 Å². The maximum atomic E-state index is 12.6. The molecule has 1 aliphatic rings. The first-order valence-corrected chi connectivity index (χ1v) is 7.87. The van der Waals surface area contributed by atoms with E-state index in [0.717, 1.165) is 12.8 Å². The number of aromatic nitrogens is 1. The number of carboxylic acid groups (broad SMARTS) is 1. The van der Waals surface area contributed by atoms with Crippen LogP contribution < -0.4 is 4.74 Å². The van der Waals surface area contributed by atoms with Crippen LogP contribution in [-0.2, 0) is 4.79 Å². The zero-order valence-corrected chi connectivity index (χ0v) is 13.1. The quantitative estimate of drug-likeness (QED) is 0.934. The van der Waals surface area contributed by atoms with Crippen LogP contribution in [0.4, 0.5) is 0 Å². The fourth-order valence-electron chi connectivity index (χ4n) is 2.81. The maximum absolute atomic E-state index is 12.6. The van der Waals surface area contributed by atoms with E-state index < -0.39 is 12.0 Å². The summed E-state index contributed by atoms with van der Waals surface area (Å²) in [5.41, 5.74) is 0.460. The third kappa shape index (κ3) is 3.53. The number of amides is 1. The van der Waals surface area contributed by atoms with Gasteiger partial charge in [-0.05, 0) is 55.7 Å². The van der Waals surface area contributed by atoms with E-state index in [9.17, 15) is 14.7 Å². The Hall–Kier alpha value is -2.89. The fraction of sp³-hybridized carbons (Fsp3) is 0.278. The van der Waals surface area contributed by atoms with Gasteiger partial charge in [-0.15, -0.1) is 0 Å². The number of carbonyl (C=O) groups is 2. The Balaban J connectivity index is 1.72. The van der Waals surface area contributed by atoms with Crippen LogP contribution in [0.1, 0.15) is 29.6 Å². The van der Waals surface area contributed by atoms with Crippen molar-refractivity contribution in [3.63, 3.8) is 0 Å². The van der Waals surface area contributed by atoms with E-state index in [1.54, 1.807) is 48.8 Å². The lowest BCUT2D eigenvalue weighted by atomic mass is 10.0. The first-order chi connectivity index (χ1) is 11.6. The van der Waals surface area contributed by atoms with E-state index in [-0.39, 0.29) is 5.91 Å². The highest BCUT2D eigenvalue weighted by Gasteiger charge is 2.32. The van der Waals surface area contributed by atoms with Crippen LogP contribution in [0.15, 0.2) is 48.8 Å². The van der Waals surface area contributed by atoms with E-state index in [1.165, 1.54) is 4.90 Å². The zero-order chi connectivity index (χ0) is 16.9. The van der Waals surface area contributed by atoms with Gasteiger partial charge in [0.2, 0.25) is 0 Å². The highest BCUT2D eigenvalue weighted by atomic mass is 16.5. The highest BCUT2D eigenvalue weighted by molar-refractivity contribution is 5.96. The van der Waals surface area contributed by atoms with Crippen molar-refractivity contribution in [1.29, 1.82) is 0 Å². The second-order valence-electron chi connectivity index (χ2n) is 5.66. The van der Waals surface area contributed by atoms with Crippen molar-refractivity contribution in [2.45, 2.75) is 25.3 Å². The van der Waals surface area contributed by atoms with E-state index in [2.05, 4.69) is 4.98 Å². The van der Waals surface area contributed by atoms with E-state index >= 15 is 0 Å². The third-order valence-electron chi connectivity index (χ3n) is 4.02. The second-order valence-corrected chi connectivity index (χ2v) is 5.66. The third-order valence-corrected chi connectivity index (χ3v) is 4.02. The summed E-state index contributed by atoms with van der Waals surface area (Å²) in [6, 6.07) is 9.52. The molecule has 1 aliphatic heterocycles. The van der Waals surface area contributed by atoms with Gasteiger partial charge in [0, 0.05) is 18.3 Å². The molecule has 0 saturated carbocycles. The summed E-state index contributed by atoms with van der Waals surface area (Å²) in [7, 11) is 0. The number of nitrogens with zero attached hydrogens (tertiary/aromatic N) is 2. The second kappa shape index (κ2) is 7.12. The number of rotatable bonds is 4. The van der Waals surface area contributed by atoms with Crippen LogP contribution in [0.3, 0.4) is 0 Å². The average Bonchev–Trinajstić information content (AvgIpc) is 2.62. The minimum atomic E-state index is -0.945. The van der Waals surface area contributed by atoms with Gasteiger partial charge in [-0.3, -0.25) is 9.78 Å². The Morgan fingerprint density at radius 1 is 1.12 bits per heavy atom. The molecule has 3 rings (SSSR count). The number of pyridine rings is 1. The summed E-state index contributed by atoms with van der Waals surface area (Å²) < 4.78 is 5.64. The van der Waals surface area contributed by atoms with Gasteiger partial charge in [0.25, 0.3) is 5.91 Å². The summed E-state index contributed by atoms with van der Waals surface area (Å²) in [6.45, 7) is 0.476. The van der Waals surface area contributed by atoms with Gasteiger partial charge < -0.3 is 14.7 Å². The average molecular weight is 326 g/mol. The highest BCUT2D eigenvalue weighted by Crippen LogP contribution is 2.23. The van der Waals surface area contributed by atoms with Gasteiger partial charge in [-0.1, -0.05) is 0 Å². The Labute approximate surface area is 139 Å². The molecule has 1 amide bonds. The molecular formula is C18H18N2O4. The molecule has 1 atom stereocenters. The van der Waals surface area contributed by atoms with E-state index in [0.29, 0.717) is 30.0 Å². The number of carboxylic acids is 1. The summed E-state index contributed by atoms with van der Waals surface area (Å²) in [5.74, 6) is 0.00105. The Morgan fingerprint density at radius 2 is 1.92 bits per heavy atom. The molecule has 1 saturated heterocycles. The minimum absolute atomic E-state index is 0.255. The number of piperidine rings is 1. The molecule has 24 heavy (non-hydrogen) atoms. The summed E-state index contributed by atoms with van der Waals surface area (Å²) in [6.07, 6.45) is 5.43. The Morgan fingerprint density at radius 3 is 2.58 bits per heavy atom. The van der Waals surface area contributed by atoms with Gasteiger partial charge in [0.05, 0.1) is 6.20 Å². The van der Waals surface area contributed by atoms with Crippen molar-refractivity contribution in [2.24, 2.45) is 0 Å². The lowest BCUT2D eigenvalue weighted by molar-refractivity contribution is -0.143. The summed E-state index contributed by atoms with van der Waals surface area (Å²) >= 11 is 0. The molecule has 0 aliphatic carbocycles. The predicted octanol–water partition coefficient (Wildman–Crippen LogP) is 2.95. The van der Waals surface area contributed by atoms with Gasteiger partial charge in [0.1, 0.15) is 17.5 Å². The van der Waals surface area contributed by atoms with Crippen molar-refractivity contribution in [3.8, 4) is 11.5 Å². The zero-order valence-electron chi connectivity index (χ0n) is 13.1. The molecule has 0 bridgehead atoms. The summed E-state index contributed by atoms with van der Waals surface area (Å²) in [5, 5.41) is 9.29. The number of benzene rings is 1. The van der Waals surface area contributed by atoms with Crippen LogP contribution in [-0.4, -0.2) is 39.5 Å². The number of hydrogen-bond acceptors (Lipinski definition) is 4. The normalized spacial score (nSPS) is 17.3. The molecule has 2 aromatic rings. The molecule has 1 fully saturated rings. The van der Waals surface area contributed by atoms with Crippen molar-refractivity contribution in [2.75, 3.05) is 6.54 Å². The Bertz CT molecular complexity index is 716. The molecule has 1 aromatic heterocycles. The van der Waals surface area contributed by atoms with Crippen LogP contribution in [0.5, 0.6) is 11.5 Å². The molecule has 0 spiro atoms. The number of aliphatic carboxylic acids is 1. The van der Waals surface area contributed by atoms with E-state index in [4.69, 9.17) is 4.74 Å². The van der Waals surface area contributed by atoms with Gasteiger partial charge in [0.15, 0.2) is 0 Å². The number of ether oxygens (including phenoxy) is 1. The summed E-state index contributed by atoms with van der Waals surface area (Å²) in [4.78, 5) is 29.4. The minimum Gasteiger partial charge on any atom is -0.480 e. The standard InChI is InChI=1S/C18H18N2O4/c21-17(20-11-2-1-5-16(20)18(22)23)13-6-8-14(9-7-13)24-15-4-3-10-19-12-15/h3-4,6-10,12,16H,1-2,5,11H2,(H,22,23). The topological polar surface area (TPSA) is 79.7 Å². The molecule has 0 radical (unpaired) electrons. The first kappa shape index (κ1) is 16.0. The molecule has 2 heterocycles. The lowest BCUT2D eigenvalue weighted by Gasteiger charge is -2.33. The first-order valence-electron chi connectivity index (χ1n) is 7.87. The molecule has 124 valence electrons. The van der Waals surface area contributed by atoms with Crippen molar-refractivity contribution < 1.29 is 19.4 Å². The molecule has 6 nitrogen and oxygen atoms in total. The largest absolute Gasteiger partial charge is 0.480 e. The SMILES string of the molecule is O=C(O)C1CCCCN1C(=O)c1ccc(Oc2cccnc2)cc1. The molecular weight excluding hydrogens is 308 g/mol. The van der Waals surface area contributed by atoms with Gasteiger partial charge in [-0.25, -0.2) is 4.79 Å². The van der Waals surface area contributed by atoms with Crippen molar-refractivity contribution in [3.05, 3.63) is 54.4 Å². The molecule has 6 heteroatoms. The van der Waals surface area contributed by atoms with Crippen LogP contribution in [0, 0.1) is 0 Å². The number of hydrogen-bond donors (Lipinski definition) is 1. The fourth-order valence-corrected chi connectivity index (χ4v) is 2.81. The maximum Gasteiger partial charge on any atom is 0.326 e. The number of carbonyl (C=O) groups excluding carboxylic acids is 1.